The van der Waals surface area contributed by atoms with Crippen LogP contribution in [0.3, 0.4) is 0 Å². The Labute approximate surface area is 174 Å². The lowest BCUT2D eigenvalue weighted by Gasteiger charge is -2.32. The fraction of sp³-hybridized carbons (Fsp3) is 0.455. The predicted molar refractivity (Wildman–Crippen MR) is 107 cm³/mol. The Kier molecular flexibility index (Phi) is 6.87. The molecular formula is C22H26F2N2O4. The van der Waals surface area contributed by atoms with Gasteiger partial charge in [0.05, 0.1) is 25.5 Å². The van der Waals surface area contributed by atoms with Gasteiger partial charge in [0.25, 0.3) is 0 Å². The highest BCUT2D eigenvalue weighted by molar-refractivity contribution is 5.68. The van der Waals surface area contributed by atoms with Gasteiger partial charge in [-0.1, -0.05) is 0 Å². The van der Waals surface area contributed by atoms with Gasteiger partial charge in [-0.15, -0.1) is 0 Å². The summed E-state index contributed by atoms with van der Waals surface area (Å²) in [6, 6.07) is 7.32. The Balaban J connectivity index is 1.58. The van der Waals surface area contributed by atoms with Crippen molar-refractivity contribution in [2.24, 2.45) is 5.92 Å². The number of nitrogens with one attached hydrogen (secondary N) is 1. The fourth-order valence-corrected chi connectivity index (χ4v) is 3.14. The summed E-state index contributed by atoms with van der Waals surface area (Å²) < 4.78 is 43.6. The first-order chi connectivity index (χ1) is 14.2. The lowest BCUT2D eigenvalue weighted by Crippen LogP contribution is -2.49. The number of aromatic nitrogens is 1. The van der Waals surface area contributed by atoms with Crippen molar-refractivity contribution in [1.82, 2.24) is 10.3 Å². The van der Waals surface area contributed by atoms with E-state index in [1.807, 2.05) is 20.8 Å². The fourth-order valence-electron chi connectivity index (χ4n) is 3.14. The van der Waals surface area contributed by atoms with Crippen molar-refractivity contribution in [2.45, 2.75) is 38.8 Å². The Bertz CT molecular complexity index is 868. The van der Waals surface area contributed by atoms with Crippen LogP contribution in [0.4, 0.5) is 13.6 Å². The highest BCUT2D eigenvalue weighted by Crippen LogP contribution is 2.25. The Morgan fingerprint density at radius 1 is 1.27 bits per heavy atom. The molecule has 0 bridgehead atoms. The summed E-state index contributed by atoms with van der Waals surface area (Å²) in [5, 5.41) is 2.86. The van der Waals surface area contributed by atoms with Gasteiger partial charge in [0.1, 0.15) is 22.9 Å². The van der Waals surface area contributed by atoms with E-state index in [1.54, 1.807) is 24.3 Å². The van der Waals surface area contributed by atoms with E-state index in [2.05, 4.69) is 10.3 Å². The van der Waals surface area contributed by atoms with E-state index in [0.717, 1.165) is 18.7 Å². The summed E-state index contributed by atoms with van der Waals surface area (Å²) in [5.74, 6) is -0.782. The van der Waals surface area contributed by atoms with Crippen LogP contribution in [-0.2, 0) is 9.47 Å². The largest absolute Gasteiger partial charge is 0.493 e. The van der Waals surface area contributed by atoms with Gasteiger partial charge in [-0.2, -0.15) is 0 Å². The molecule has 1 fully saturated rings. The number of alkyl carbamates (subject to hydrolysis) is 1. The van der Waals surface area contributed by atoms with Crippen LogP contribution in [0.25, 0.3) is 11.3 Å². The molecule has 162 valence electrons. The number of carbonyl (C=O) groups excluding carboxylic acids is 1. The molecule has 1 saturated heterocycles. The van der Waals surface area contributed by atoms with Crippen molar-refractivity contribution >= 4 is 6.09 Å². The topological polar surface area (TPSA) is 69.7 Å². The molecule has 2 atom stereocenters. The number of rotatable bonds is 5. The second kappa shape index (κ2) is 9.38. The molecule has 1 aromatic heterocycles. The molecule has 8 heteroatoms. The summed E-state index contributed by atoms with van der Waals surface area (Å²) >= 11 is 0. The van der Waals surface area contributed by atoms with Crippen molar-refractivity contribution in [2.75, 3.05) is 19.8 Å². The zero-order valence-corrected chi connectivity index (χ0v) is 17.3. The smallest absolute Gasteiger partial charge is 0.407 e. The first-order valence-electron chi connectivity index (χ1n) is 9.83. The maximum Gasteiger partial charge on any atom is 0.407 e. The zero-order chi connectivity index (χ0) is 21.7. The van der Waals surface area contributed by atoms with Crippen LogP contribution < -0.4 is 10.1 Å². The normalized spacial score (nSPS) is 19.2. The van der Waals surface area contributed by atoms with Gasteiger partial charge in [0.2, 0.25) is 0 Å². The molecule has 0 radical (unpaired) electrons. The first kappa shape index (κ1) is 22.0. The standard InChI is InChI=1S/C22H26F2N2O4/c1-22(2,3)30-21(27)26-19-13-28-9-8-15(19)12-29-17-6-4-14(5-7-17)20-18(24)10-16(23)11-25-20/h4-7,10-11,15,19H,8-9,12-13H2,1-3H3,(H,26,27)/t15-,19+/m1/s1. The second-order valence-corrected chi connectivity index (χ2v) is 8.20. The number of amides is 1. The van der Waals surface area contributed by atoms with Gasteiger partial charge < -0.3 is 19.5 Å². The lowest BCUT2D eigenvalue weighted by molar-refractivity contribution is 0.00738. The molecule has 0 spiro atoms. The molecular weight excluding hydrogens is 394 g/mol. The number of halogens is 2. The Hall–Kier alpha value is -2.74. The minimum Gasteiger partial charge on any atom is -0.493 e. The summed E-state index contributed by atoms with van der Waals surface area (Å²) in [6.07, 6.45) is 1.23. The third-order valence-corrected chi connectivity index (χ3v) is 4.60. The third-order valence-electron chi connectivity index (χ3n) is 4.60. The molecule has 1 aromatic carbocycles. The van der Waals surface area contributed by atoms with Gasteiger partial charge >= 0.3 is 6.09 Å². The van der Waals surface area contributed by atoms with E-state index in [9.17, 15) is 13.6 Å². The molecule has 1 amide bonds. The first-order valence-corrected chi connectivity index (χ1v) is 9.83. The number of benzene rings is 1. The second-order valence-electron chi connectivity index (χ2n) is 8.20. The van der Waals surface area contributed by atoms with Crippen LogP contribution in [0.1, 0.15) is 27.2 Å². The summed E-state index contributed by atoms with van der Waals surface area (Å²) in [7, 11) is 0. The molecule has 0 aliphatic carbocycles. The average molecular weight is 420 g/mol. The minimum atomic E-state index is -0.720. The SMILES string of the molecule is CC(C)(C)OC(=O)N[C@H]1COCC[C@@H]1COc1ccc(-c2ncc(F)cc2F)cc1. The van der Waals surface area contributed by atoms with E-state index in [4.69, 9.17) is 14.2 Å². The van der Waals surface area contributed by atoms with Crippen molar-refractivity contribution in [3.63, 3.8) is 0 Å². The van der Waals surface area contributed by atoms with Crippen LogP contribution in [-0.4, -0.2) is 42.5 Å². The van der Waals surface area contributed by atoms with E-state index < -0.39 is 23.3 Å². The maximum absolute atomic E-state index is 13.9. The quantitative estimate of drug-likeness (QED) is 0.780. The summed E-state index contributed by atoms with van der Waals surface area (Å²) in [4.78, 5) is 15.9. The molecule has 2 aromatic rings. The van der Waals surface area contributed by atoms with Crippen LogP contribution in [0, 0.1) is 17.6 Å². The number of pyridine rings is 1. The average Bonchev–Trinajstić information content (AvgIpc) is 2.66. The van der Waals surface area contributed by atoms with Gasteiger partial charge in [0.15, 0.2) is 5.82 Å². The molecule has 1 aliphatic rings. The van der Waals surface area contributed by atoms with Gasteiger partial charge in [-0.05, 0) is 51.5 Å². The molecule has 1 N–H and O–H groups in total. The van der Waals surface area contributed by atoms with Crippen molar-refractivity contribution < 1.29 is 27.8 Å². The zero-order valence-electron chi connectivity index (χ0n) is 17.3. The monoisotopic (exact) mass is 420 g/mol. The molecule has 1 aliphatic heterocycles. The van der Waals surface area contributed by atoms with E-state index in [-0.39, 0.29) is 17.7 Å². The number of carbonyl (C=O) groups is 1. The van der Waals surface area contributed by atoms with Crippen LogP contribution >= 0.6 is 0 Å². The van der Waals surface area contributed by atoms with E-state index >= 15 is 0 Å². The number of hydrogen-bond donors (Lipinski definition) is 1. The number of ether oxygens (including phenoxy) is 3. The number of nitrogens with zero attached hydrogens (tertiary/aromatic N) is 1. The molecule has 30 heavy (non-hydrogen) atoms. The molecule has 2 heterocycles. The van der Waals surface area contributed by atoms with Gasteiger partial charge in [0, 0.05) is 24.2 Å². The van der Waals surface area contributed by atoms with Crippen molar-refractivity contribution in [3.05, 3.63) is 48.2 Å². The van der Waals surface area contributed by atoms with Gasteiger partial charge in [-0.3, -0.25) is 4.98 Å². The molecule has 6 nitrogen and oxygen atoms in total. The number of hydrogen-bond acceptors (Lipinski definition) is 5. The third kappa shape index (κ3) is 6.13. The minimum absolute atomic E-state index is 0.0576. The van der Waals surface area contributed by atoms with Crippen LogP contribution in [0.2, 0.25) is 0 Å². The molecule has 3 rings (SSSR count). The summed E-state index contributed by atoms with van der Waals surface area (Å²) in [5.41, 5.74) is 0.0241. The van der Waals surface area contributed by atoms with Gasteiger partial charge in [-0.25, -0.2) is 13.6 Å². The Morgan fingerprint density at radius 3 is 2.67 bits per heavy atom. The maximum atomic E-state index is 13.9. The highest BCUT2D eigenvalue weighted by Gasteiger charge is 2.29. The lowest BCUT2D eigenvalue weighted by atomic mass is 9.96. The van der Waals surface area contributed by atoms with Crippen molar-refractivity contribution in [3.8, 4) is 17.0 Å². The molecule has 0 unspecified atom stereocenters. The Morgan fingerprint density at radius 2 is 2.00 bits per heavy atom. The van der Waals surface area contributed by atoms with Crippen LogP contribution in [0.15, 0.2) is 36.5 Å². The van der Waals surface area contributed by atoms with Crippen molar-refractivity contribution in [1.29, 1.82) is 0 Å². The van der Waals surface area contributed by atoms with E-state index in [0.29, 0.717) is 31.1 Å². The van der Waals surface area contributed by atoms with E-state index in [1.165, 1.54) is 0 Å². The molecule has 0 saturated carbocycles. The summed E-state index contributed by atoms with van der Waals surface area (Å²) in [6.45, 7) is 6.79. The predicted octanol–water partition coefficient (Wildman–Crippen LogP) is 4.34. The highest BCUT2D eigenvalue weighted by atomic mass is 19.1. The van der Waals surface area contributed by atoms with Crippen LogP contribution in [0.5, 0.6) is 5.75 Å².